The van der Waals surface area contributed by atoms with Crippen LogP contribution in [0.25, 0.3) is 0 Å². The normalized spacial score (nSPS) is 26.3. The number of carbonyl (C=O) groups is 1. The quantitative estimate of drug-likeness (QED) is 0.524. The molecule has 0 bridgehead atoms. The number of amidine groups is 1. The third kappa shape index (κ3) is 4.65. The first-order valence-electron chi connectivity index (χ1n) is 13.1. The number of likely N-dealkylation sites (tertiary alicyclic amines) is 2. The van der Waals surface area contributed by atoms with Crippen molar-refractivity contribution in [3.8, 4) is 11.8 Å². The third-order valence-electron chi connectivity index (χ3n) is 8.09. The van der Waals surface area contributed by atoms with E-state index in [-0.39, 0.29) is 17.9 Å². The number of halogens is 1. The van der Waals surface area contributed by atoms with Gasteiger partial charge in [0, 0.05) is 30.9 Å². The third-order valence-corrected chi connectivity index (χ3v) is 8.09. The summed E-state index contributed by atoms with van der Waals surface area (Å²) < 4.78 is 14.3. The molecule has 2 amide bonds. The zero-order valence-corrected chi connectivity index (χ0v) is 21.3. The molecule has 3 heterocycles. The second-order valence-electron chi connectivity index (χ2n) is 10.3. The van der Waals surface area contributed by atoms with Gasteiger partial charge in [-0.05, 0) is 76.1 Å². The monoisotopic (exact) mass is 486 g/mol. The average Bonchev–Trinajstić information content (AvgIpc) is 3.44. The molecular formula is C30H35FN4O. The number of hydrogen-bond donors (Lipinski definition) is 0. The number of rotatable bonds is 5. The Balaban J connectivity index is 1.46. The Morgan fingerprint density at radius 3 is 2.72 bits per heavy atom. The Kier molecular flexibility index (Phi) is 7.11. The summed E-state index contributed by atoms with van der Waals surface area (Å²) in [6.07, 6.45) is 5.73. The lowest BCUT2D eigenvalue weighted by atomic mass is 9.80. The van der Waals surface area contributed by atoms with Crippen LogP contribution in [0.2, 0.25) is 0 Å². The van der Waals surface area contributed by atoms with Gasteiger partial charge in [0.1, 0.15) is 17.2 Å². The number of aryl methyl sites for hydroxylation is 1. The maximum Gasteiger partial charge on any atom is 0.350 e. The van der Waals surface area contributed by atoms with Crippen LogP contribution < -0.4 is 4.90 Å². The van der Waals surface area contributed by atoms with Crippen molar-refractivity contribution < 1.29 is 9.18 Å². The van der Waals surface area contributed by atoms with Gasteiger partial charge in [-0.3, -0.25) is 9.80 Å². The zero-order valence-electron chi connectivity index (χ0n) is 21.3. The van der Waals surface area contributed by atoms with Gasteiger partial charge in [-0.15, -0.1) is 5.92 Å². The van der Waals surface area contributed by atoms with Crippen LogP contribution in [0.4, 0.5) is 14.9 Å². The maximum absolute atomic E-state index is 14.3. The summed E-state index contributed by atoms with van der Waals surface area (Å²) in [7, 11) is 0. The van der Waals surface area contributed by atoms with Crippen LogP contribution >= 0.6 is 0 Å². The van der Waals surface area contributed by atoms with E-state index in [9.17, 15) is 9.18 Å². The largest absolute Gasteiger partial charge is 0.355 e. The number of piperidine rings is 1. The second-order valence-corrected chi connectivity index (χ2v) is 10.3. The first-order chi connectivity index (χ1) is 17.5. The van der Waals surface area contributed by atoms with E-state index < -0.39 is 5.54 Å². The Bertz CT molecular complexity index is 1190. The van der Waals surface area contributed by atoms with Crippen molar-refractivity contribution in [1.29, 1.82) is 0 Å². The summed E-state index contributed by atoms with van der Waals surface area (Å²) >= 11 is 0. The van der Waals surface area contributed by atoms with Crippen molar-refractivity contribution >= 4 is 17.6 Å². The van der Waals surface area contributed by atoms with E-state index in [1.807, 2.05) is 13.0 Å². The van der Waals surface area contributed by atoms with Crippen LogP contribution in [-0.4, -0.2) is 58.9 Å². The molecule has 0 aliphatic carbocycles. The minimum absolute atomic E-state index is 0.220. The standard InChI is InChI=1S/C30H35FN4O/c1-3-4-18-33-20-17-30(22-23(33)2)28(32-29(36)35(30)27-13-8-12-25(31)21-27)34-19-9-14-26(34)16-15-24-10-6-5-7-11-24/h5-8,10-13,21,23,26H,9,14-20,22H2,1-2H3. The number of hydrogen-bond acceptors (Lipinski definition) is 3. The van der Waals surface area contributed by atoms with E-state index in [0.717, 1.165) is 64.0 Å². The molecule has 0 N–H and O–H groups in total. The summed E-state index contributed by atoms with van der Waals surface area (Å²) in [6, 6.07) is 17.3. The van der Waals surface area contributed by atoms with Crippen molar-refractivity contribution in [3.63, 3.8) is 0 Å². The molecule has 2 aromatic carbocycles. The minimum atomic E-state index is -0.574. The first-order valence-corrected chi connectivity index (χ1v) is 13.1. The van der Waals surface area contributed by atoms with Crippen molar-refractivity contribution in [2.45, 2.75) is 70.0 Å². The van der Waals surface area contributed by atoms with Gasteiger partial charge in [-0.2, -0.15) is 4.99 Å². The molecule has 2 fully saturated rings. The molecule has 2 aromatic rings. The molecular weight excluding hydrogens is 451 g/mol. The van der Waals surface area contributed by atoms with Gasteiger partial charge >= 0.3 is 6.03 Å². The number of urea groups is 1. The van der Waals surface area contributed by atoms with Crippen LogP contribution in [0.5, 0.6) is 0 Å². The molecule has 0 aromatic heterocycles. The molecule has 3 aliphatic rings. The summed E-state index contributed by atoms with van der Waals surface area (Å²) in [5, 5.41) is 0. The highest BCUT2D eigenvalue weighted by Gasteiger charge is 2.56. The number of nitrogens with zero attached hydrogens (tertiary/aromatic N) is 4. The van der Waals surface area contributed by atoms with Gasteiger partial charge in [-0.1, -0.05) is 42.3 Å². The van der Waals surface area contributed by atoms with E-state index in [4.69, 9.17) is 4.99 Å². The SMILES string of the molecule is CC#CCN1CCC2(CC1C)C(N1CCCC1CCc1ccccc1)=NC(=O)N2c1cccc(F)c1. The molecule has 2 saturated heterocycles. The Labute approximate surface area is 214 Å². The molecule has 0 saturated carbocycles. The summed E-state index contributed by atoms with van der Waals surface area (Å²) in [6.45, 7) is 6.52. The Morgan fingerprint density at radius 1 is 1.14 bits per heavy atom. The number of amides is 2. The van der Waals surface area contributed by atoms with E-state index in [1.165, 1.54) is 17.7 Å². The van der Waals surface area contributed by atoms with E-state index >= 15 is 0 Å². The average molecular weight is 487 g/mol. The first kappa shape index (κ1) is 24.5. The highest BCUT2D eigenvalue weighted by molar-refractivity contribution is 6.16. The number of aliphatic imine (C=N–C) groups is 1. The fourth-order valence-corrected chi connectivity index (χ4v) is 6.32. The van der Waals surface area contributed by atoms with E-state index in [0.29, 0.717) is 11.7 Å². The minimum Gasteiger partial charge on any atom is -0.355 e. The lowest BCUT2D eigenvalue weighted by Gasteiger charge is -2.49. The predicted octanol–water partition coefficient (Wildman–Crippen LogP) is 5.51. The van der Waals surface area contributed by atoms with E-state index in [2.05, 4.69) is 58.9 Å². The van der Waals surface area contributed by atoms with Crippen LogP contribution in [0.15, 0.2) is 59.6 Å². The van der Waals surface area contributed by atoms with Gasteiger partial charge in [-0.25, -0.2) is 9.18 Å². The molecule has 6 heteroatoms. The van der Waals surface area contributed by atoms with Gasteiger partial charge < -0.3 is 4.90 Å². The Hall–Kier alpha value is -3.17. The van der Waals surface area contributed by atoms with Gasteiger partial charge in [0.25, 0.3) is 0 Å². The molecule has 0 radical (unpaired) electrons. The molecule has 36 heavy (non-hydrogen) atoms. The predicted molar refractivity (Wildman–Crippen MR) is 143 cm³/mol. The molecule has 5 nitrogen and oxygen atoms in total. The summed E-state index contributed by atoms with van der Waals surface area (Å²) in [5.74, 6) is 6.75. The summed E-state index contributed by atoms with van der Waals surface area (Å²) in [4.78, 5) is 24.8. The number of benzene rings is 2. The van der Waals surface area contributed by atoms with Crippen molar-refractivity contribution in [2.24, 2.45) is 4.99 Å². The van der Waals surface area contributed by atoms with Gasteiger partial charge in [0.2, 0.25) is 0 Å². The summed E-state index contributed by atoms with van der Waals surface area (Å²) in [5.41, 5.74) is 1.35. The van der Waals surface area contributed by atoms with Crippen molar-refractivity contribution in [2.75, 3.05) is 24.5 Å². The van der Waals surface area contributed by atoms with E-state index in [1.54, 1.807) is 11.0 Å². The van der Waals surface area contributed by atoms with Crippen molar-refractivity contribution in [3.05, 3.63) is 66.0 Å². The van der Waals surface area contributed by atoms with Crippen LogP contribution in [-0.2, 0) is 6.42 Å². The smallest absolute Gasteiger partial charge is 0.350 e. The zero-order chi connectivity index (χ0) is 25.1. The lowest BCUT2D eigenvalue weighted by molar-refractivity contribution is 0.141. The van der Waals surface area contributed by atoms with Crippen LogP contribution in [0.3, 0.4) is 0 Å². The van der Waals surface area contributed by atoms with Crippen LogP contribution in [0.1, 0.15) is 51.5 Å². The van der Waals surface area contributed by atoms with Gasteiger partial charge in [0.15, 0.2) is 0 Å². The topological polar surface area (TPSA) is 39.1 Å². The number of anilines is 1. The molecule has 3 unspecified atom stereocenters. The molecule has 188 valence electrons. The highest BCUT2D eigenvalue weighted by Crippen LogP contribution is 2.43. The Morgan fingerprint density at radius 2 is 1.97 bits per heavy atom. The fraction of sp³-hybridized carbons (Fsp3) is 0.467. The van der Waals surface area contributed by atoms with Gasteiger partial charge in [0.05, 0.1) is 6.54 Å². The fourth-order valence-electron chi connectivity index (χ4n) is 6.32. The molecule has 1 spiro atoms. The van der Waals surface area contributed by atoms with Crippen molar-refractivity contribution in [1.82, 2.24) is 9.80 Å². The molecule has 3 atom stereocenters. The highest BCUT2D eigenvalue weighted by atomic mass is 19.1. The number of carbonyl (C=O) groups excluding carboxylic acids is 1. The second kappa shape index (κ2) is 10.4. The maximum atomic E-state index is 14.3. The molecule has 3 aliphatic heterocycles. The molecule has 5 rings (SSSR count). The van der Waals surface area contributed by atoms with Crippen LogP contribution in [0, 0.1) is 17.7 Å². The lowest BCUT2D eigenvalue weighted by Crippen LogP contribution is -2.64.